The average molecular weight is 339 g/mol. The molecule has 0 unspecified atom stereocenters. The molecule has 2 rings (SSSR count). The Morgan fingerprint density at radius 1 is 1.09 bits per heavy atom. The Morgan fingerprint density at radius 2 is 1.65 bits per heavy atom. The Morgan fingerprint density at radius 3 is 2.17 bits per heavy atom. The fourth-order valence-corrected chi connectivity index (χ4v) is 2.10. The van der Waals surface area contributed by atoms with Crippen molar-refractivity contribution < 1.29 is 18.4 Å². The lowest BCUT2D eigenvalue weighted by molar-refractivity contribution is -0.120. The number of para-hydroxylation sites is 1. The van der Waals surface area contributed by atoms with Crippen LogP contribution in [0.4, 0.5) is 20.2 Å². The lowest BCUT2D eigenvalue weighted by Crippen LogP contribution is -2.37. The molecule has 0 fully saturated rings. The van der Waals surface area contributed by atoms with Crippen LogP contribution in [0.5, 0.6) is 0 Å². The predicted molar refractivity (Wildman–Crippen MR) is 84.5 cm³/mol. The van der Waals surface area contributed by atoms with Crippen molar-refractivity contribution >= 4 is 34.8 Å². The first-order valence-corrected chi connectivity index (χ1v) is 7.04. The number of hydrogen-bond acceptors (Lipinski definition) is 2. The van der Waals surface area contributed by atoms with E-state index in [1.807, 2.05) is 0 Å². The zero-order valence-corrected chi connectivity index (χ0v) is 12.9. The summed E-state index contributed by atoms with van der Waals surface area (Å²) in [4.78, 5) is 24.4. The van der Waals surface area contributed by atoms with Crippen LogP contribution in [0.25, 0.3) is 0 Å². The average Bonchev–Trinajstić information content (AvgIpc) is 2.48. The van der Waals surface area contributed by atoms with Crippen LogP contribution in [-0.4, -0.2) is 18.4 Å². The van der Waals surface area contributed by atoms with Crippen LogP contribution < -0.4 is 10.2 Å². The minimum Gasteiger partial charge on any atom is -0.325 e. The van der Waals surface area contributed by atoms with Gasteiger partial charge in [0, 0.05) is 17.6 Å². The van der Waals surface area contributed by atoms with E-state index in [0.29, 0.717) is 10.7 Å². The van der Waals surface area contributed by atoms with Crippen LogP contribution in [0.3, 0.4) is 0 Å². The first-order chi connectivity index (χ1) is 10.9. The van der Waals surface area contributed by atoms with Crippen molar-refractivity contribution in [2.45, 2.75) is 6.92 Å². The van der Waals surface area contributed by atoms with Crippen molar-refractivity contribution in [3.63, 3.8) is 0 Å². The molecule has 4 nitrogen and oxygen atoms in total. The van der Waals surface area contributed by atoms with Gasteiger partial charge in [-0.1, -0.05) is 17.7 Å². The predicted octanol–water partition coefficient (Wildman–Crippen LogP) is 3.61. The van der Waals surface area contributed by atoms with E-state index in [1.165, 1.54) is 6.07 Å². The van der Waals surface area contributed by atoms with Crippen LogP contribution >= 0.6 is 11.6 Å². The SMILES string of the molecule is CC(=O)N(CC(=O)Nc1ccc(Cl)cc1)c1c(F)cccc1F. The number of nitrogens with zero attached hydrogens (tertiary/aromatic N) is 1. The molecule has 0 aliphatic heterocycles. The summed E-state index contributed by atoms with van der Waals surface area (Å²) < 4.78 is 27.6. The summed E-state index contributed by atoms with van der Waals surface area (Å²) in [6.45, 7) is 0.608. The maximum Gasteiger partial charge on any atom is 0.244 e. The van der Waals surface area contributed by atoms with Crippen LogP contribution in [0.2, 0.25) is 5.02 Å². The summed E-state index contributed by atoms with van der Waals surface area (Å²) in [6, 6.07) is 9.52. The number of carbonyl (C=O) groups is 2. The van der Waals surface area contributed by atoms with Gasteiger partial charge in [-0.05, 0) is 36.4 Å². The maximum absolute atomic E-state index is 13.8. The van der Waals surface area contributed by atoms with Crippen molar-refractivity contribution in [1.29, 1.82) is 0 Å². The van der Waals surface area contributed by atoms with E-state index in [0.717, 1.165) is 24.0 Å². The molecule has 0 aliphatic rings. The van der Waals surface area contributed by atoms with Gasteiger partial charge in [0.25, 0.3) is 0 Å². The van der Waals surface area contributed by atoms with Gasteiger partial charge in [-0.3, -0.25) is 14.5 Å². The molecular weight excluding hydrogens is 326 g/mol. The third-order valence-electron chi connectivity index (χ3n) is 3.02. The molecule has 0 radical (unpaired) electrons. The second kappa shape index (κ2) is 7.19. The van der Waals surface area contributed by atoms with E-state index >= 15 is 0 Å². The molecule has 0 bridgehead atoms. The first-order valence-electron chi connectivity index (χ1n) is 6.66. The molecule has 2 amide bonds. The van der Waals surface area contributed by atoms with Gasteiger partial charge in [-0.15, -0.1) is 0 Å². The van der Waals surface area contributed by atoms with Gasteiger partial charge in [0.15, 0.2) is 0 Å². The summed E-state index contributed by atoms with van der Waals surface area (Å²) in [6.07, 6.45) is 0. The van der Waals surface area contributed by atoms with Gasteiger partial charge in [0.05, 0.1) is 0 Å². The van der Waals surface area contributed by atoms with E-state index < -0.39 is 35.7 Å². The van der Waals surface area contributed by atoms with Crippen molar-refractivity contribution in [2.24, 2.45) is 0 Å². The molecule has 0 saturated heterocycles. The third-order valence-corrected chi connectivity index (χ3v) is 3.27. The zero-order chi connectivity index (χ0) is 17.0. The quantitative estimate of drug-likeness (QED) is 0.925. The lowest BCUT2D eigenvalue weighted by Gasteiger charge is -2.21. The van der Waals surface area contributed by atoms with Crippen molar-refractivity contribution in [2.75, 3.05) is 16.8 Å². The highest BCUT2D eigenvalue weighted by Crippen LogP contribution is 2.23. The largest absolute Gasteiger partial charge is 0.325 e. The van der Waals surface area contributed by atoms with Gasteiger partial charge in [0.2, 0.25) is 11.8 Å². The minimum absolute atomic E-state index is 0.455. The van der Waals surface area contributed by atoms with Gasteiger partial charge in [0.1, 0.15) is 23.9 Å². The number of carbonyl (C=O) groups excluding carboxylic acids is 2. The molecule has 0 saturated carbocycles. The summed E-state index contributed by atoms with van der Waals surface area (Å²) in [5.41, 5.74) is -0.0943. The monoisotopic (exact) mass is 338 g/mol. The normalized spacial score (nSPS) is 10.3. The second-order valence-electron chi connectivity index (χ2n) is 4.73. The van der Waals surface area contributed by atoms with Gasteiger partial charge >= 0.3 is 0 Å². The Hall–Kier alpha value is -2.47. The van der Waals surface area contributed by atoms with Crippen LogP contribution in [0.1, 0.15) is 6.92 Å². The number of rotatable bonds is 4. The molecule has 23 heavy (non-hydrogen) atoms. The highest BCUT2D eigenvalue weighted by Gasteiger charge is 2.22. The zero-order valence-electron chi connectivity index (χ0n) is 12.1. The van der Waals surface area contributed by atoms with E-state index in [-0.39, 0.29) is 0 Å². The van der Waals surface area contributed by atoms with Crippen molar-refractivity contribution in [3.8, 4) is 0 Å². The highest BCUT2D eigenvalue weighted by atomic mass is 35.5. The fourth-order valence-electron chi connectivity index (χ4n) is 1.97. The van der Waals surface area contributed by atoms with Crippen LogP contribution in [-0.2, 0) is 9.59 Å². The molecule has 0 atom stereocenters. The van der Waals surface area contributed by atoms with E-state index in [2.05, 4.69) is 5.32 Å². The summed E-state index contributed by atoms with van der Waals surface area (Å²) >= 11 is 5.74. The van der Waals surface area contributed by atoms with Crippen LogP contribution in [0.15, 0.2) is 42.5 Å². The number of nitrogens with one attached hydrogen (secondary N) is 1. The number of anilines is 2. The minimum atomic E-state index is -0.917. The molecule has 120 valence electrons. The molecule has 2 aromatic carbocycles. The molecule has 0 spiro atoms. The summed E-state index contributed by atoms with van der Waals surface area (Å²) in [7, 11) is 0. The topological polar surface area (TPSA) is 49.4 Å². The number of hydrogen-bond donors (Lipinski definition) is 1. The molecule has 0 aromatic heterocycles. The standard InChI is InChI=1S/C16H13ClF2N2O2/c1-10(22)21(16-13(18)3-2-4-14(16)19)9-15(23)20-12-7-5-11(17)6-8-12/h2-8H,9H2,1H3,(H,20,23). The highest BCUT2D eigenvalue weighted by molar-refractivity contribution is 6.30. The Labute approximate surface area is 136 Å². The molecule has 0 heterocycles. The molecule has 1 N–H and O–H groups in total. The molecule has 2 aromatic rings. The van der Waals surface area contributed by atoms with Crippen molar-refractivity contribution in [1.82, 2.24) is 0 Å². The summed E-state index contributed by atoms with van der Waals surface area (Å²) in [5.74, 6) is -3.08. The Kier molecular flexibility index (Phi) is 5.28. The van der Waals surface area contributed by atoms with Gasteiger partial charge in [-0.25, -0.2) is 8.78 Å². The first kappa shape index (κ1) is 16.9. The number of halogens is 3. The van der Waals surface area contributed by atoms with Crippen molar-refractivity contribution in [3.05, 3.63) is 59.1 Å². The Balaban J connectivity index is 2.18. The van der Waals surface area contributed by atoms with E-state index in [1.54, 1.807) is 24.3 Å². The fraction of sp³-hybridized carbons (Fsp3) is 0.125. The third kappa shape index (κ3) is 4.26. The van der Waals surface area contributed by atoms with Gasteiger partial charge in [-0.2, -0.15) is 0 Å². The van der Waals surface area contributed by atoms with Crippen LogP contribution in [0, 0.1) is 11.6 Å². The molecular formula is C16H13ClF2N2O2. The number of amides is 2. The Bertz CT molecular complexity index is 715. The lowest BCUT2D eigenvalue weighted by atomic mass is 10.2. The summed E-state index contributed by atoms with van der Waals surface area (Å²) in [5, 5.41) is 3.03. The van der Waals surface area contributed by atoms with Gasteiger partial charge < -0.3 is 5.32 Å². The van der Waals surface area contributed by atoms with E-state index in [4.69, 9.17) is 11.6 Å². The molecule has 7 heteroatoms. The molecule has 0 aliphatic carbocycles. The number of benzene rings is 2. The smallest absolute Gasteiger partial charge is 0.244 e. The maximum atomic E-state index is 13.8. The second-order valence-corrected chi connectivity index (χ2v) is 5.17. The van der Waals surface area contributed by atoms with E-state index in [9.17, 15) is 18.4 Å².